The van der Waals surface area contributed by atoms with Crippen LogP contribution in [0.25, 0.3) is 5.82 Å². The predicted molar refractivity (Wildman–Crippen MR) is 109 cm³/mol. The van der Waals surface area contributed by atoms with Crippen molar-refractivity contribution in [3.05, 3.63) is 72.3 Å². The van der Waals surface area contributed by atoms with Crippen molar-refractivity contribution < 1.29 is 8.42 Å². The number of hydrogen-bond acceptors (Lipinski definition) is 5. The van der Waals surface area contributed by atoms with E-state index in [9.17, 15) is 8.42 Å². The third-order valence-corrected chi connectivity index (χ3v) is 6.74. The molecule has 7 nitrogen and oxygen atoms in total. The van der Waals surface area contributed by atoms with Crippen molar-refractivity contribution in [2.45, 2.75) is 12.7 Å². The molecule has 1 aliphatic rings. The van der Waals surface area contributed by atoms with Gasteiger partial charge >= 0.3 is 0 Å². The molecule has 0 atom stereocenters. The van der Waals surface area contributed by atoms with Crippen LogP contribution in [0.5, 0.6) is 0 Å². The standard InChI is InChI=1S/C20H23N5O2S/c1-17-5-4-6-18(13-17)15-28(26,27)25-11-9-24(10-12-25)20-14-19(21-16-22-20)23-7-2-3-8-23/h2-8,13-14,16H,9-12,15H2,1H3. The van der Waals surface area contributed by atoms with E-state index in [1.54, 1.807) is 10.6 Å². The maximum atomic E-state index is 12.8. The molecule has 0 aliphatic carbocycles. The highest BCUT2D eigenvalue weighted by Crippen LogP contribution is 2.19. The van der Waals surface area contributed by atoms with E-state index in [0.717, 1.165) is 22.8 Å². The molecule has 0 saturated carbocycles. The lowest BCUT2D eigenvalue weighted by Gasteiger charge is -2.34. The maximum Gasteiger partial charge on any atom is 0.218 e. The number of piperazine rings is 1. The minimum absolute atomic E-state index is 0.0416. The number of aromatic nitrogens is 3. The molecule has 28 heavy (non-hydrogen) atoms. The molecule has 0 N–H and O–H groups in total. The van der Waals surface area contributed by atoms with Gasteiger partial charge in [-0.3, -0.25) is 0 Å². The van der Waals surface area contributed by atoms with Crippen LogP contribution < -0.4 is 4.90 Å². The van der Waals surface area contributed by atoms with E-state index in [4.69, 9.17) is 0 Å². The minimum atomic E-state index is -3.33. The average molecular weight is 398 g/mol. The third-order valence-electron chi connectivity index (χ3n) is 4.89. The number of rotatable bonds is 5. The molecule has 0 spiro atoms. The zero-order chi connectivity index (χ0) is 19.6. The fourth-order valence-electron chi connectivity index (χ4n) is 3.44. The lowest BCUT2D eigenvalue weighted by molar-refractivity contribution is 0.383. The van der Waals surface area contributed by atoms with E-state index in [1.807, 2.05) is 66.3 Å². The molecule has 1 fully saturated rings. The molecular weight excluding hydrogens is 374 g/mol. The van der Waals surface area contributed by atoms with E-state index in [0.29, 0.717) is 26.2 Å². The minimum Gasteiger partial charge on any atom is -0.354 e. The second-order valence-electron chi connectivity index (χ2n) is 6.96. The van der Waals surface area contributed by atoms with Crippen molar-refractivity contribution in [2.24, 2.45) is 0 Å². The lowest BCUT2D eigenvalue weighted by Crippen LogP contribution is -2.49. The van der Waals surface area contributed by atoms with Crippen LogP contribution in [0.3, 0.4) is 0 Å². The molecule has 3 aromatic rings. The van der Waals surface area contributed by atoms with Crippen molar-refractivity contribution in [3.8, 4) is 5.82 Å². The Morgan fingerprint density at radius 3 is 2.36 bits per heavy atom. The highest BCUT2D eigenvalue weighted by molar-refractivity contribution is 7.88. The topological polar surface area (TPSA) is 71.3 Å². The van der Waals surface area contributed by atoms with Crippen LogP contribution >= 0.6 is 0 Å². The first-order chi connectivity index (χ1) is 13.5. The second kappa shape index (κ2) is 7.73. The van der Waals surface area contributed by atoms with Gasteiger partial charge in [0.25, 0.3) is 0 Å². The smallest absolute Gasteiger partial charge is 0.218 e. The molecule has 8 heteroatoms. The zero-order valence-electron chi connectivity index (χ0n) is 15.8. The van der Waals surface area contributed by atoms with Crippen LogP contribution in [0.2, 0.25) is 0 Å². The summed E-state index contributed by atoms with van der Waals surface area (Å²) in [5, 5.41) is 0. The summed E-state index contributed by atoms with van der Waals surface area (Å²) in [6, 6.07) is 13.5. The van der Waals surface area contributed by atoms with Gasteiger partial charge in [-0.2, -0.15) is 4.31 Å². The fraction of sp³-hybridized carbons (Fsp3) is 0.300. The Hall–Kier alpha value is -2.71. The van der Waals surface area contributed by atoms with Crippen molar-refractivity contribution in [1.29, 1.82) is 0 Å². The highest BCUT2D eigenvalue weighted by atomic mass is 32.2. The van der Waals surface area contributed by atoms with E-state index in [2.05, 4.69) is 14.9 Å². The first-order valence-corrected chi connectivity index (χ1v) is 10.9. The van der Waals surface area contributed by atoms with Gasteiger partial charge in [-0.25, -0.2) is 18.4 Å². The number of hydrogen-bond donors (Lipinski definition) is 0. The highest BCUT2D eigenvalue weighted by Gasteiger charge is 2.27. The van der Waals surface area contributed by atoms with E-state index >= 15 is 0 Å². The number of aryl methyl sites for hydroxylation is 1. The lowest BCUT2D eigenvalue weighted by atomic mass is 10.2. The summed E-state index contributed by atoms with van der Waals surface area (Å²) in [5.41, 5.74) is 1.90. The summed E-state index contributed by atoms with van der Waals surface area (Å²) in [6.45, 7) is 4.09. The monoisotopic (exact) mass is 397 g/mol. The molecule has 0 radical (unpaired) electrons. The number of nitrogens with zero attached hydrogens (tertiary/aromatic N) is 5. The maximum absolute atomic E-state index is 12.8. The van der Waals surface area contributed by atoms with Crippen molar-refractivity contribution >= 4 is 15.8 Å². The summed E-state index contributed by atoms with van der Waals surface area (Å²) in [7, 11) is -3.33. The molecule has 4 rings (SSSR count). The first-order valence-electron chi connectivity index (χ1n) is 9.25. The molecule has 146 valence electrons. The summed E-state index contributed by atoms with van der Waals surface area (Å²) in [4.78, 5) is 10.8. The summed E-state index contributed by atoms with van der Waals surface area (Å²) in [5.74, 6) is 1.65. The van der Waals surface area contributed by atoms with Gasteiger partial charge in [-0.05, 0) is 24.6 Å². The summed E-state index contributed by atoms with van der Waals surface area (Å²) < 4.78 is 29.1. The van der Waals surface area contributed by atoms with Gasteiger partial charge in [0.2, 0.25) is 10.0 Å². The molecule has 0 amide bonds. The number of sulfonamides is 1. The Bertz CT molecular complexity index is 1040. The van der Waals surface area contributed by atoms with Gasteiger partial charge in [-0.15, -0.1) is 0 Å². The molecule has 2 aromatic heterocycles. The molecule has 3 heterocycles. The molecule has 0 unspecified atom stereocenters. The molecule has 0 bridgehead atoms. The van der Waals surface area contributed by atoms with Crippen LogP contribution in [0.15, 0.2) is 61.2 Å². The average Bonchev–Trinajstić information content (AvgIpc) is 3.23. The van der Waals surface area contributed by atoms with E-state index in [-0.39, 0.29) is 5.75 Å². The van der Waals surface area contributed by atoms with Crippen molar-refractivity contribution in [1.82, 2.24) is 18.8 Å². The molecule has 1 aromatic carbocycles. The largest absolute Gasteiger partial charge is 0.354 e. The normalized spacial score (nSPS) is 15.7. The van der Waals surface area contributed by atoms with E-state index in [1.165, 1.54) is 0 Å². The first kappa shape index (κ1) is 18.6. The zero-order valence-corrected chi connectivity index (χ0v) is 16.6. The Balaban J connectivity index is 1.42. The fourth-order valence-corrected chi connectivity index (χ4v) is 4.94. The predicted octanol–water partition coefficient (Wildman–Crippen LogP) is 2.23. The summed E-state index contributed by atoms with van der Waals surface area (Å²) >= 11 is 0. The Labute approximate surface area is 165 Å². The van der Waals surface area contributed by atoms with E-state index < -0.39 is 10.0 Å². The van der Waals surface area contributed by atoms with Gasteiger partial charge in [0.05, 0.1) is 5.75 Å². The third kappa shape index (κ3) is 4.07. The van der Waals surface area contributed by atoms with Crippen LogP contribution in [0.1, 0.15) is 11.1 Å². The number of anilines is 1. The SMILES string of the molecule is Cc1cccc(CS(=O)(=O)N2CCN(c3cc(-n4cccc4)ncn3)CC2)c1. The molecular formula is C20H23N5O2S. The molecule has 1 saturated heterocycles. The molecule has 1 aliphatic heterocycles. The van der Waals surface area contributed by atoms with Crippen LogP contribution in [-0.4, -0.2) is 53.4 Å². The number of benzene rings is 1. The van der Waals surface area contributed by atoms with Gasteiger partial charge in [0.15, 0.2) is 0 Å². The Morgan fingerprint density at radius 2 is 1.64 bits per heavy atom. The Morgan fingerprint density at radius 1 is 0.929 bits per heavy atom. The van der Waals surface area contributed by atoms with Crippen LogP contribution in [-0.2, 0) is 15.8 Å². The van der Waals surface area contributed by atoms with Gasteiger partial charge < -0.3 is 9.47 Å². The summed E-state index contributed by atoms with van der Waals surface area (Å²) in [6.07, 6.45) is 5.41. The van der Waals surface area contributed by atoms with Crippen molar-refractivity contribution in [2.75, 3.05) is 31.1 Å². The van der Waals surface area contributed by atoms with Gasteiger partial charge in [-0.1, -0.05) is 29.8 Å². The Kier molecular flexibility index (Phi) is 5.15. The second-order valence-corrected chi connectivity index (χ2v) is 8.92. The van der Waals surface area contributed by atoms with Crippen LogP contribution in [0, 0.1) is 6.92 Å². The van der Waals surface area contributed by atoms with Gasteiger partial charge in [0, 0.05) is 44.6 Å². The quantitative estimate of drug-likeness (QED) is 0.660. The van der Waals surface area contributed by atoms with Crippen molar-refractivity contribution in [3.63, 3.8) is 0 Å². The van der Waals surface area contributed by atoms with Crippen LogP contribution in [0.4, 0.5) is 5.82 Å². The van der Waals surface area contributed by atoms with Gasteiger partial charge in [0.1, 0.15) is 18.0 Å².